The molecule has 0 bridgehead atoms. The van der Waals surface area contributed by atoms with E-state index in [1.807, 2.05) is 0 Å². The molecule has 1 aromatic rings. The van der Waals surface area contributed by atoms with Gasteiger partial charge in [0.25, 0.3) is 0 Å². The van der Waals surface area contributed by atoms with Gasteiger partial charge in [-0.05, 0) is 38.2 Å². The van der Waals surface area contributed by atoms with Crippen LogP contribution in [0.3, 0.4) is 0 Å². The van der Waals surface area contributed by atoms with Gasteiger partial charge in [-0.15, -0.1) is 0 Å². The zero-order chi connectivity index (χ0) is 12.5. The van der Waals surface area contributed by atoms with Crippen molar-refractivity contribution in [1.29, 1.82) is 0 Å². The third-order valence-electron chi connectivity index (χ3n) is 3.64. The Morgan fingerprint density at radius 3 is 2.94 bits per heavy atom. The van der Waals surface area contributed by atoms with E-state index in [1.165, 1.54) is 6.08 Å². The standard InChI is InChI=1S/C13H17N3O2/c1-2-11(17)16-8-4-3-5-10(16)12-14-13(18-15-12)9-6-7-9/h2,9-10H,1,3-8H2. The maximum absolute atomic E-state index is 11.8. The molecule has 0 radical (unpaired) electrons. The minimum atomic E-state index is -0.0440. The van der Waals surface area contributed by atoms with Crippen molar-refractivity contribution in [3.63, 3.8) is 0 Å². The van der Waals surface area contributed by atoms with Crippen LogP contribution >= 0.6 is 0 Å². The van der Waals surface area contributed by atoms with E-state index < -0.39 is 0 Å². The number of amides is 1. The maximum Gasteiger partial charge on any atom is 0.246 e. The zero-order valence-electron chi connectivity index (χ0n) is 10.3. The van der Waals surface area contributed by atoms with Crippen LogP contribution in [0.1, 0.15) is 55.8 Å². The van der Waals surface area contributed by atoms with Crippen LogP contribution in [0.15, 0.2) is 17.2 Å². The number of carbonyl (C=O) groups excluding carboxylic acids is 1. The predicted octanol–water partition coefficient (Wildman–Crippen LogP) is 2.19. The Kier molecular flexibility index (Phi) is 2.89. The molecule has 1 aliphatic carbocycles. The fourth-order valence-corrected chi connectivity index (χ4v) is 2.46. The molecule has 5 heteroatoms. The first-order chi connectivity index (χ1) is 8.79. The van der Waals surface area contributed by atoms with E-state index in [9.17, 15) is 4.79 Å². The molecule has 0 N–H and O–H groups in total. The van der Waals surface area contributed by atoms with Crippen molar-refractivity contribution in [2.75, 3.05) is 6.54 Å². The minimum Gasteiger partial charge on any atom is -0.339 e. The van der Waals surface area contributed by atoms with Crippen molar-refractivity contribution < 1.29 is 9.32 Å². The molecule has 1 saturated heterocycles. The molecular weight excluding hydrogens is 230 g/mol. The summed E-state index contributed by atoms with van der Waals surface area (Å²) in [5, 5.41) is 4.05. The van der Waals surface area contributed by atoms with Gasteiger partial charge in [-0.25, -0.2) is 0 Å². The number of aromatic nitrogens is 2. The molecule has 2 heterocycles. The van der Waals surface area contributed by atoms with E-state index in [4.69, 9.17) is 4.52 Å². The lowest BCUT2D eigenvalue weighted by molar-refractivity contribution is -0.129. The average molecular weight is 247 g/mol. The summed E-state index contributed by atoms with van der Waals surface area (Å²) < 4.78 is 5.28. The van der Waals surface area contributed by atoms with Crippen molar-refractivity contribution in [3.8, 4) is 0 Å². The fourth-order valence-electron chi connectivity index (χ4n) is 2.46. The topological polar surface area (TPSA) is 59.2 Å². The zero-order valence-corrected chi connectivity index (χ0v) is 10.3. The monoisotopic (exact) mass is 247 g/mol. The third-order valence-corrected chi connectivity index (χ3v) is 3.64. The van der Waals surface area contributed by atoms with Gasteiger partial charge in [-0.3, -0.25) is 4.79 Å². The molecule has 0 spiro atoms. The van der Waals surface area contributed by atoms with Crippen LogP contribution in [0, 0.1) is 0 Å². The molecule has 96 valence electrons. The van der Waals surface area contributed by atoms with Crippen LogP contribution in [-0.4, -0.2) is 27.5 Å². The molecule has 3 rings (SSSR count). The van der Waals surface area contributed by atoms with Gasteiger partial charge >= 0.3 is 0 Å². The lowest BCUT2D eigenvalue weighted by Crippen LogP contribution is -2.37. The first-order valence-electron chi connectivity index (χ1n) is 6.56. The van der Waals surface area contributed by atoms with Gasteiger partial charge in [0.05, 0.1) is 6.04 Å². The third kappa shape index (κ3) is 2.05. The molecule has 18 heavy (non-hydrogen) atoms. The van der Waals surface area contributed by atoms with Gasteiger partial charge in [0.2, 0.25) is 11.8 Å². The Labute approximate surface area is 106 Å². The highest BCUT2D eigenvalue weighted by molar-refractivity contribution is 5.87. The highest BCUT2D eigenvalue weighted by Gasteiger charge is 2.34. The van der Waals surface area contributed by atoms with E-state index in [0.29, 0.717) is 11.7 Å². The second-order valence-corrected chi connectivity index (χ2v) is 5.01. The van der Waals surface area contributed by atoms with Gasteiger partial charge in [0.1, 0.15) is 0 Å². The summed E-state index contributed by atoms with van der Waals surface area (Å²) in [6.07, 6.45) is 6.68. The lowest BCUT2D eigenvalue weighted by Gasteiger charge is -2.32. The van der Waals surface area contributed by atoms with Gasteiger partial charge in [0.15, 0.2) is 5.82 Å². The van der Waals surface area contributed by atoms with Crippen molar-refractivity contribution in [2.24, 2.45) is 0 Å². The van der Waals surface area contributed by atoms with Crippen LogP contribution in [0.5, 0.6) is 0 Å². The first-order valence-corrected chi connectivity index (χ1v) is 6.56. The van der Waals surface area contributed by atoms with Crippen molar-refractivity contribution in [2.45, 2.75) is 44.1 Å². The molecule has 1 atom stereocenters. The van der Waals surface area contributed by atoms with Crippen molar-refractivity contribution in [3.05, 3.63) is 24.4 Å². The fraction of sp³-hybridized carbons (Fsp3) is 0.615. The average Bonchev–Trinajstić information content (AvgIpc) is 3.16. The second kappa shape index (κ2) is 4.55. The summed E-state index contributed by atoms with van der Waals surface area (Å²) in [5.41, 5.74) is 0. The Morgan fingerprint density at radius 2 is 2.22 bits per heavy atom. The number of nitrogens with zero attached hydrogens (tertiary/aromatic N) is 3. The van der Waals surface area contributed by atoms with Crippen molar-refractivity contribution in [1.82, 2.24) is 15.0 Å². The number of carbonyl (C=O) groups is 1. The minimum absolute atomic E-state index is 0.0412. The van der Waals surface area contributed by atoms with Gasteiger partial charge in [-0.1, -0.05) is 11.7 Å². The molecule has 1 aromatic heterocycles. The Balaban J connectivity index is 1.81. The predicted molar refractivity (Wildman–Crippen MR) is 64.8 cm³/mol. The summed E-state index contributed by atoms with van der Waals surface area (Å²) in [5.74, 6) is 1.81. The molecule has 2 aliphatic rings. The quantitative estimate of drug-likeness (QED) is 0.768. The first kappa shape index (κ1) is 11.4. The SMILES string of the molecule is C=CC(=O)N1CCCCC1c1noc(C2CC2)n1. The van der Waals surface area contributed by atoms with E-state index in [-0.39, 0.29) is 11.9 Å². The Morgan fingerprint density at radius 1 is 1.39 bits per heavy atom. The molecular formula is C13H17N3O2. The molecule has 1 aliphatic heterocycles. The Hall–Kier alpha value is -1.65. The van der Waals surface area contributed by atoms with Crippen LogP contribution in [0.2, 0.25) is 0 Å². The number of rotatable bonds is 3. The lowest BCUT2D eigenvalue weighted by atomic mass is 10.0. The van der Waals surface area contributed by atoms with Gasteiger partial charge in [0, 0.05) is 12.5 Å². The number of hydrogen-bond donors (Lipinski definition) is 0. The number of likely N-dealkylation sites (tertiary alicyclic amines) is 1. The van der Waals surface area contributed by atoms with Crippen LogP contribution in [-0.2, 0) is 4.79 Å². The summed E-state index contributed by atoms with van der Waals surface area (Å²) in [7, 11) is 0. The van der Waals surface area contributed by atoms with Crippen LogP contribution in [0.25, 0.3) is 0 Å². The summed E-state index contributed by atoms with van der Waals surface area (Å²) in [6, 6.07) is -0.0412. The summed E-state index contributed by atoms with van der Waals surface area (Å²) in [6.45, 7) is 4.30. The Bertz CT molecular complexity index is 465. The van der Waals surface area contributed by atoms with Crippen molar-refractivity contribution >= 4 is 5.91 Å². The molecule has 1 saturated carbocycles. The largest absolute Gasteiger partial charge is 0.339 e. The molecule has 1 amide bonds. The number of piperidine rings is 1. The summed E-state index contributed by atoms with van der Waals surface area (Å²) in [4.78, 5) is 18.1. The van der Waals surface area contributed by atoms with E-state index >= 15 is 0 Å². The van der Waals surface area contributed by atoms with E-state index in [0.717, 1.165) is 44.5 Å². The second-order valence-electron chi connectivity index (χ2n) is 5.01. The highest BCUT2D eigenvalue weighted by atomic mass is 16.5. The molecule has 0 aromatic carbocycles. The normalized spacial score (nSPS) is 24.0. The van der Waals surface area contributed by atoms with Gasteiger partial charge in [-0.2, -0.15) is 4.98 Å². The highest BCUT2D eigenvalue weighted by Crippen LogP contribution is 2.40. The summed E-state index contributed by atoms with van der Waals surface area (Å²) >= 11 is 0. The number of hydrogen-bond acceptors (Lipinski definition) is 4. The molecule has 5 nitrogen and oxygen atoms in total. The van der Waals surface area contributed by atoms with E-state index in [1.54, 1.807) is 4.90 Å². The molecule has 2 fully saturated rings. The smallest absolute Gasteiger partial charge is 0.246 e. The van der Waals surface area contributed by atoms with Gasteiger partial charge < -0.3 is 9.42 Å². The maximum atomic E-state index is 11.8. The van der Waals surface area contributed by atoms with Crippen LogP contribution in [0.4, 0.5) is 0 Å². The van der Waals surface area contributed by atoms with E-state index in [2.05, 4.69) is 16.7 Å². The molecule has 1 unspecified atom stereocenters. The van der Waals surface area contributed by atoms with Crippen LogP contribution < -0.4 is 0 Å².